The molecule has 1 aromatic carbocycles. The third-order valence-corrected chi connectivity index (χ3v) is 4.87. The molecular weight excluding hydrogens is 328 g/mol. The van der Waals surface area contributed by atoms with Gasteiger partial charge in [-0.05, 0) is 31.9 Å². The van der Waals surface area contributed by atoms with E-state index in [-0.39, 0.29) is 6.04 Å². The average Bonchev–Trinajstić information content (AvgIpc) is 2.45. The minimum atomic E-state index is -0.0992. The molecule has 0 saturated carbocycles. The third kappa shape index (κ3) is 3.27. The molecule has 0 radical (unpaired) electrons. The molecule has 1 heterocycles. The molecule has 0 aliphatic carbocycles. The van der Waals surface area contributed by atoms with Crippen molar-refractivity contribution >= 4 is 15.9 Å². The molecule has 3 nitrogen and oxygen atoms in total. The highest BCUT2D eigenvalue weighted by Gasteiger charge is 2.16. The molecule has 1 aromatic heterocycles. The minimum absolute atomic E-state index is 0.0992. The lowest BCUT2D eigenvalue weighted by Gasteiger charge is -2.18. The van der Waals surface area contributed by atoms with Crippen molar-refractivity contribution in [1.82, 2.24) is 4.98 Å². The summed E-state index contributed by atoms with van der Waals surface area (Å²) in [5.74, 6) is 0.899. The van der Waals surface area contributed by atoms with Gasteiger partial charge >= 0.3 is 0 Å². The molecule has 0 aliphatic heterocycles. The van der Waals surface area contributed by atoms with Gasteiger partial charge in [0.05, 0.1) is 7.11 Å². The molecule has 21 heavy (non-hydrogen) atoms. The highest BCUT2D eigenvalue weighted by Crippen LogP contribution is 2.30. The quantitative estimate of drug-likeness (QED) is 0.907. The maximum atomic E-state index is 6.38. The maximum Gasteiger partial charge on any atom is 0.128 e. The Labute approximate surface area is 134 Å². The number of benzene rings is 1. The van der Waals surface area contributed by atoms with E-state index in [4.69, 9.17) is 10.5 Å². The summed E-state index contributed by atoms with van der Waals surface area (Å²) < 4.78 is 6.53. The third-order valence-electron chi connectivity index (χ3n) is 3.78. The van der Waals surface area contributed by atoms with Gasteiger partial charge in [-0.25, -0.2) is 0 Å². The zero-order chi connectivity index (χ0) is 15.6. The maximum absolute atomic E-state index is 6.38. The van der Waals surface area contributed by atoms with Gasteiger partial charge in [-0.3, -0.25) is 4.98 Å². The Morgan fingerprint density at radius 1 is 1.24 bits per heavy atom. The lowest BCUT2D eigenvalue weighted by Crippen LogP contribution is -2.16. The van der Waals surface area contributed by atoms with E-state index < -0.39 is 0 Å². The second-order valence-corrected chi connectivity index (χ2v) is 6.13. The Hall–Kier alpha value is -1.39. The molecule has 1 unspecified atom stereocenters. The SMILES string of the molecule is COc1c(C)cnc(CC(N)c2cccc(C)c2Br)c1C. The fraction of sp³-hybridized carbons (Fsp3) is 0.353. The number of nitrogens with two attached hydrogens (primary N) is 1. The van der Waals surface area contributed by atoms with Gasteiger partial charge in [0.25, 0.3) is 0 Å². The molecule has 2 N–H and O–H groups in total. The van der Waals surface area contributed by atoms with Crippen molar-refractivity contribution in [2.75, 3.05) is 7.11 Å². The fourth-order valence-electron chi connectivity index (χ4n) is 2.55. The Morgan fingerprint density at radius 2 is 1.95 bits per heavy atom. The Balaban J connectivity index is 2.32. The number of aryl methyl sites for hydroxylation is 2. The number of nitrogens with zero attached hydrogens (tertiary/aromatic N) is 1. The molecular formula is C17H21BrN2O. The first-order chi connectivity index (χ1) is 9.95. The average molecular weight is 349 g/mol. The van der Waals surface area contributed by atoms with E-state index >= 15 is 0 Å². The van der Waals surface area contributed by atoms with Crippen LogP contribution in [0.1, 0.15) is 34.0 Å². The van der Waals surface area contributed by atoms with Crippen LogP contribution in [0.5, 0.6) is 5.75 Å². The predicted octanol–water partition coefficient (Wildman–Crippen LogP) is 4.02. The van der Waals surface area contributed by atoms with Gasteiger partial charge in [0.2, 0.25) is 0 Å². The number of ether oxygens (including phenoxy) is 1. The van der Waals surface area contributed by atoms with Gasteiger partial charge < -0.3 is 10.5 Å². The van der Waals surface area contributed by atoms with E-state index in [1.54, 1.807) is 7.11 Å². The van der Waals surface area contributed by atoms with Crippen molar-refractivity contribution in [2.24, 2.45) is 5.73 Å². The van der Waals surface area contributed by atoms with Crippen LogP contribution in [0.25, 0.3) is 0 Å². The smallest absolute Gasteiger partial charge is 0.128 e. The van der Waals surface area contributed by atoms with Crippen molar-refractivity contribution in [3.05, 3.63) is 56.8 Å². The van der Waals surface area contributed by atoms with Crippen molar-refractivity contribution in [3.63, 3.8) is 0 Å². The van der Waals surface area contributed by atoms with Crippen LogP contribution in [-0.4, -0.2) is 12.1 Å². The molecule has 0 fully saturated rings. The molecule has 4 heteroatoms. The topological polar surface area (TPSA) is 48.1 Å². The summed E-state index contributed by atoms with van der Waals surface area (Å²) in [5, 5.41) is 0. The van der Waals surface area contributed by atoms with Gasteiger partial charge in [0.1, 0.15) is 5.75 Å². The van der Waals surface area contributed by atoms with E-state index in [0.29, 0.717) is 6.42 Å². The largest absolute Gasteiger partial charge is 0.496 e. The molecule has 1 atom stereocenters. The van der Waals surface area contributed by atoms with Crippen LogP contribution < -0.4 is 10.5 Å². The van der Waals surface area contributed by atoms with E-state index in [1.807, 2.05) is 26.1 Å². The van der Waals surface area contributed by atoms with E-state index in [1.165, 1.54) is 5.56 Å². The first-order valence-electron chi connectivity index (χ1n) is 6.95. The summed E-state index contributed by atoms with van der Waals surface area (Å²) in [4.78, 5) is 4.53. The fourth-order valence-corrected chi connectivity index (χ4v) is 3.11. The van der Waals surface area contributed by atoms with Crippen molar-refractivity contribution in [1.29, 1.82) is 0 Å². The number of methoxy groups -OCH3 is 1. The second kappa shape index (κ2) is 6.58. The lowest BCUT2D eigenvalue weighted by molar-refractivity contribution is 0.406. The number of hydrogen-bond donors (Lipinski definition) is 1. The molecule has 112 valence electrons. The van der Waals surface area contributed by atoms with Crippen LogP contribution in [0.3, 0.4) is 0 Å². The van der Waals surface area contributed by atoms with Gasteiger partial charge in [-0.2, -0.15) is 0 Å². The van der Waals surface area contributed by atoms with Crippen molar-refractivity contribution in [3.8, 4) is 5.75 Å². The van der Waals surface area contributed by atoms with Crippen LogP contribution in [0.15, 0.2) is 28.9 Å². The molecule has 0 aliphatic rings. The number of pyridine rings is 1. The summed E-state index contributed by atoms with van der Waals surface area (Å²) in [7, 11) is 1.69. The summed E-state index contributed by atoms with van der Waals surface area (Å²) in [5.41, 5.74) is 11.8. The number of halogens is 1. The van der Waals surface area contributed by atoms with Crippen LogP contribution in [0, 0.1) is 20.8 Å². The van der Waals surface area contributed by atoms with E-state index in [0.717, 1.165) is 32.6 Å². The highest BCUT2D eigenvalue weighted by atomic mass is 79.9. The first kappa shape index (κ1) is 16.0. The number of aromatic nitrogens is 1. The molecule has 0 spiro atoms. The first-order valence-corrected chi connectivity index (χ1v) is 7.74. The summed E-state index contributed by atoms with van der Waals surface area (Å²) in [6.07, 6.45) is 2.53. The summed E-state index contributed by atoms with van der Waals surface area (Å²) >= 11 is 3.63. The molecule has 0 amide bonds. The van der Waals surface area contributed by atoms with Crippen molar-refractivity contribution < 1.29 is 4.74 Å². The van der Waals surface area contributed by atoms with Crippen LogP contribution in [0.2, 0.25) is 0 Å². The predicted molar refractivity (Wildman–Crippen MR) is 89.8 cm³/mol. The second-order valence-electron chi connectivity index (χ2n) is 5.33. The van der Waals surface area contributed by atoms with Gasteiger partial charge in [-0.15, -0.1) is 0 Å². The zero-order valence-electron chi connectivity index (χ0n) is 12.9. The number of hydrogen-bond acceptors (Lipinski definition) is 3. The van der Waals surface area contributed by atoms with Crippen molar-refractivity contribution in [2.45, 2.75) is 33.2 Å². The van der Waals surface area contributed by atoms with E-state index in [2.05, 4.69) is 40.0 Å². The molecule has 2 aromatic rings. The van der Waals surface area contributed by atoms with Gasteiger partial charge in [0.15, 0.2) is 0 Å². The lowest BCUT2D eigenvalue weighted by atomic mass is 9.98. The van der Waals surface area contributed by atoms with Crippen LogP contribution in [-0.2, 0) is 6.42 Å². The normalized spacial score (nSPS) is 12.3. The zero-order valence-corrected chi connectivity index (χ0v) is 14.5. The van der Waals surface area contributed by atoms with Gasteiger partial charge in [0, 0.05) is 40.0 Å². The molecule has 0 bridgehead atoms. The number of rotatable bonds is 4. The standard InChI is InChI=1S/C17H21BrN2O/c1-10-6-5-7-13(16(10)18)14(19)8-15-12(3)17(21-4)11(2)9-20-15/h5-7,9,14H,8,19H2,1-4H3. The highest BCUT2D eigenvalue weighted by molar-refractivity contribution is 9.10. The Morgan fingerprint density at radius 3 is 2.62 bits per heavy atom. The van der Waals surface area contributed by atoms with Crippen LogP contribution >= 0.6 is 15.9 Å². The van der Waals surface area contributed by atoms with Crippen LogP contribution in [0.4, 0.5) is 0 Å². The van der Waals surface area contributed by atoms with Gasteiger partial charge in [-0.1, -0.05) is 34.1 Å². The molecule has 0 saturated heterocycles. The monoisotopic (exact) mass is 348 g/mol. The minimum Gasteiger partial charge on any atom is -0.496 e. The summed E-state index contributed by atoms with van der Waals surface area (Å²) in [6.45, 7) is 6.10. The Kier molecular flexibility index (Phi) is 5.01. The summed E-state index contributed by atoms with van der Waals surface area (Å²) in [6, 6.07) is 6.06. The Bertz CT molecular complexity index is 655. The molecule has 2 rings (SSSR count). The van der Waals surface area contributed by atoms with E-state index in [9.17, 15) is 0 Å².